The van der Waals surface area contributed by atoms with Gasteiger partial charge in [0.1, 0.15) is 0 Å². The van der Waals surface area contributed by atoms with Gasteiger partial charge in [0.15, 0.2) is 11.5 Å². The quantitative estimate of drug-likeness (QED) is 0.874. The molecule has 1 saturated heterocycles. The number of likely N-dealkylation sites (tertiary alicyclic amines) is 1. The molecule has 1 aromatic rings. The predicted molar refractivity (Wildman–Crippen MR) is 85.8 cm³/mol. The molecule has 1 N–H and O–H groups in total. The van der Waals surface area contributed by atoms with Crippen molar-refractivity contribution in [2.45, 2.75) is 26.3 Å². The zero-order valence-corrected chi connectivity index (χ0v) is 13.5. The van der Waals surface area contributed by atoms with E-state index < -0.39 is 0 Å². The Balaban J connectivity index is 1.90. The zero-order chi connectivity index (χ0) is 15.2. The molecule has 4 heteroatoms. The number of ether oxygens (including phenoxy) is 1. The van der Waals surface area contributed by atoms with Crippen LogP contribution < -0.4 is 4.74 Å². The van der Waals surface area contributed by atoms with Crippen LogP contribution in [-0.4, -0.2) is 55.2 Å². The zero-order valence-electron chi connectivity index (χ0n) is 13.5. The molecule has 0 atom stereocenters. The predicted octanol–water partition coefficient (Wildman–Crippen LogP) is 2.56. The van der Waals surface area contributed by atoms with Gasteiger partial charge in [-0.2, -0.15) is 0 Å². The van der Waals surface area contributed by atoms with Crippen molar-refractivity contribution < 1.29 is 9.84 Å². The van der Waals surface area contributed by atoms with Crippen LogP contribution in [0.4, 0.5) is 0 Å². The Hall–Kier alpha value is -1.26. The Labute approximate surface area is 128 Å². The number of benzene rings is 1. The number of phenols is 1. The van der Waals surface area contributed by atoms with E-state index in [4.69, 9.17) is 4.74 Å². The molecule has 2 rings (SSSR count). The number of hydrogen-bond donors (Lipinski definition) is 1. The van der Waals surface area contributed by atoms with Crippen molar-refractivity contribution in [2.24, 2.45) is 5.92 Å². The van der Waals surface area contributed by atoms with Crippen LogP contribution in [0.1, 0.15) is 25.3 Å². The lowest BCUT2D eigenvalue weighted by Crippen LogP contribution is -2.35. The molecule has 4 nitrogen and oxygen atoms in total. The Morgan fingerprint density at radius 3 is 2.71 bits per heavy atom. The summed E-state index contributed by atoms with van der Waals surface area (Å²) in [6.45, 7) is 6.75. The van der Waals surface area contributed by atoms with E-state index in [0.29, 0.717) is 12.4 Å². The smallest absolute Gasteiger partial charge is 0.162 e. The van der Waals surface area contributed by atoms with Crippen LogP contribution in [0.5, 0.6) is 11.5 Å². The third-order valence-corrected chi connectivity index (χ3v) is 4.23. The molecule has 0 saturated carbocycles. The summed E-state index contributed by atoms with van der Waals surface area (Å²) in [4.78, 5) is 4.70. The Morgan fingerprint density at radius 1 is 1.33 bits per heavy atom. The fourth-order valence-corrected chi connectivity index (χ4v) is 3.01. The van der Waals surface area contributed by atoms with Gasteiger partial charge in [-0.1, -0.05) is 12.1 Å². The Morgan fingerprint density at radius 2 is 2.05 bits per heavy atom. The van der Waals surface area contributed by atoms with Crippen molar-refractivity contribution in [3.8, 4) is 11.5 Å². The van der Waals surface area contributed by atoms with Gasteiger partial charge in [-0.3, -0.25) is 0 Å². The van der Waals surface area contributed by atoms with Crippen molar-refractivity contribution in [1.82, 2.24) is 9.80 Å². The highest BCUT2D eigenvalue weighted by molar-refractivity contribution is 5.45. The van der Waals surface area contributed by atoms with E-state index in [2.05, 4.69) is 23.9 Å². The number of phenolic OH excluding ortho intramolecular Hbond substituents is 1. The Kier molecular flexibility index (Phi) is 5.88. The normalized spacial score (nSPS) is 17.3. The lowest BCUT2D eigenvalue weighted by atomic mass is 9.96. The third-order valence-electron chi connectivity index (χ3n) is 4.23. The summed E-state index contributed by atoms with van der Waals surface area (Å²) in [7, 11) is 4.32. The van der Waals surface area contributed by atoms with Crippen LogP contribution in [0.15, 0.2) is 18.2 Å². The van der Waals surface area contributed by atoms with Gasteiger partial charge in [-0.05, 0) is 58.9 Å². The average Bonchev–Trinajstić information content (AvgIpc) is 2.46. The van der Waals surface area contributed by atoms with Crippen molar-refractivity contribution in [3.63, 3.8) is 0 Å². The van der Waals surface area contributed by atoms with E-state index in [9.17, 15) is 5.11 Å². The van der Waals surface area contributed by atoms with Crippen LogP contribution >= 0.6 is 0 Å². The molecule has 21 heavy (non-hydrogen) atoms. The van der Waals surface area contributed by atoms with Crippen molar-refractivity contribution >= 4 is 0 Å². The molecule has 1 aromatic carbocycles. The summed E-state index contributed by atoms with van der Waals surface area (Å²) in [5.74, 6) is 1.64. The van der Waals surface area contributed by atoms with Crippen LogP contribution in [0.3, 0.4) is 0 Å². The van der Waals surface area contributed by atoms with Gasteiger partial charge in [0.2, 0.25) is 0 Å². The first-order chi connectivity index (χ1) is 10.1. The molecule has 0 aromatic heterocycles. The summed E-state index contributed by atoms with van der Waals surface area (Å²) < 4.78 is 5.45. The molecular formula is C17H28N2O2. The number of piperidine rings is 1. The molecule has 0 bridgehead atoms. The Bertz CT molecular complexity index is 442. The first kappa shape index (κ1) is 16.1. The summed E-state index contributed by atoms with van der Waals surface area (Å²) in [5.41, 5.74) is 0.941. The molecule has 1 heterocycles. The number of para-hydroxylation sites is 1. The lowest BCUT2D eigenvalue weighted by molar-refractivity contribution is 0.172. The number of hydrogen-bond acceptors (Lipinski definition) is 4. The molecule has 0 aliphatic carbocycles. The largest absolute Gasteiger partial charge is 0.504 e. The van der Waals surface area contributed by atoms with E-state index in [-0.39, 0.29) is 5.75 Å². The second-order valence-corrected chi connectivity index (χ2v) is 6.14. The molecule has 0 radical (unpaired) electrons. The molecule has 0 amide bonds. The molecule has 118 valence electrons. The number of aromatic hydroxyl groups is 1. The van der Waals surface area contributed by atoms with Crippen LogP contribution in [0.2, 0.25) is 0 Å². The fourth-order valence-electron chi connectivity index (χ4n) is 3.01. The number of nitrogens with zero attached hydrogens (tertiary/aromatic N) is 2. The standard InChI is InChI=1S/C17H28N2O2/c1-4-21-16-7-5-6-15(17(16)20)13-19(3)12-14-8-10-18(2)11-9-14/h5-7,14,20H,4,8-13H2,1-3H3. The van der Waals surface area contributed by atoms with Crippen LogP contribution in [0, 0.1) is 5.92 Å². The molecule has 1 aliphatic rings. The van der Waals surface area contributed by atoms with Crippen molar-refractivity contribution in [1.29, 1.82) is 0 Å². The molecule has 1 fully saturated rings. The maximum Gasteiger partial charge on any atom is 0.162 e. The van der Waals surface area contributed by atoms with Gasteiger partial charge < -0.3 is 19.6 Å². The molecule has 0 spiro atoms. The van der Waals surface area contributed by atoms with Gasteiger partial charge in [-0.25, -0.2) is 0 Å². The van der Waals surface area contributed by atoms with Crippen molar-refractivity contribution in [2.75, 3.05) is 40.3 Å². The molecule has 0 unspecified atom stereocenters. The van der Waals surface area contributed by atoms with Crippen LogP contribution in [-0.2, 0) is 6.54 Å². The first-order valence-corrected chi connectivity index (χ1v) is 7.91. The van der Waals surface area contributed by atoms with E-state index in [1.165, 1.54) is 25.9 Å². The highest BCUT2D eigenvalue weighted by Gasteiger charge is 2.19. The monoisotopic (exact) mass is 292 g/mol. The highest BCUT2D eigenvalue weighted by atomic mass is 16.5. The number of rotatable bonds is 6. The average molecular weight is 292 g/mol. The van der Waals surface area contributed by atoms with Crippen molar-refractivity contribution in [3.05, 3.63) is 23.8 Å². The van der Waals surface area contributed by atoms with Gasteiger partial charge in [0, 0.05) is 18.7 Å². The van der Waals surface area contributed by atoms with E-state index >= 15 is 0 Å². The summed E-state index contributed by atoms with van der Waals surface area (Å²) in [5, 5.41) is 10.3. The second-order valence-electron chi connectivity index (χ2n) is 6.14. The van der Waals surface area contributed by atoms with Crippen LogP contribution in [0.25, 0.3) is 0 Å². The minimum atomic E-state index is 0.287. The first-order valence-electron chi connectivity index (χ1n) is 7.91. The second kappa shape index (κ2) is 7.66. The summed E-state index contributed by atoms with van der Waals surface area (Å²) in [6, 6.07) is 5.74. The van der Waals surface area contributed by atoms with Gasteiger partial charge in [-0.15, -0.1) is 0 Å². The van der Waals surface area contributed by atoms with Gasteiger partial charge >= 0.3 is 0 Å². The van der Waals surface area contributed by atoms with E-state index in [1.807, 2.05) is 25.1 Å². The SMILES string of the molecule is CCOc1cccc(CN(C)CC2CCN(C)CC2)c1O. The van der Waals surface area contributed by atoms with E-state index in [0.717, 1.165) is 24.6 Å². The van der Waals surface area contributed by atoms with E-state index in [1.54, 1.807) is 0 Å². The lowest BCUT2D eigenvalue weighted by Gasteiger charge is -2.31. The molecular weight excluding hydrogens is 264 g/mol. The minimum Gasteiger partial charge on any atom is -0.504 e. The summed E-state index contributed by atoms with van der Waals surface area (Å²) >= 11 is 0. The summed E-state index contributed by atoms with van der Waals surface area (Å²) in [6.07, 6.45) is 2.54. The maximum absolute atomic E-state index is 10.3. The third kappa shape index (κ3) is 4.61. The maximum atomic E-state index is 10.3. The topological polar surface area (TPSA) is 35.9 Å². The van der Waals surface area contributed by atoms with Gasteiger partial charge in [0.25, 0.3) is 0 Å². The minimum absolute atomic E-state index is 0.287. The highest BCUT2D eigenvalue weighted by Crippen LogP contribution is 2.30. The molecule has 1 aliphatic heterocycles. The van der Waals surface area contributed by atoms with Gasteiger partial charge in [0.05, 0.1) is 6.61 Å². The fraction of sp³-hybridized carbons (Fsp3) is 0.647.